The van der Waals surface area contributed by atoms with Crippen LogP contribution in [0.5, 0.6) is 0 Å². The van der Waals surface area contributed by atoms with Crippen molar-refractivity contribution in [3.63, 3.8) is 0 Å². The fraction of sp³-hybridized carbons (Fsp3) is 0.375. The molecule has 1 heterocycles. The molecule has 0 amide bonds. The Labute approximate surface area is 87.7 Å². The number of halogens is 3. The van der Waals surface area contributed by atoms with Crippen molar-refractivity contribution in [3.05, 3.63) is 29.0 Å². The Morgan fingerprint density at radius 1 is 1.42 bits per heavy atom. The van der Waals surface area contributed by atoms with Crippen molar-refractivity contribution >= 4 is 34.8 Å². The number of aromatic nitrogens is 1. The first-order valence-electron chi connectivity index (χ1n) is 3.47. The van der Waals surface area contributed by atoms with Crippen LogP contribution in [0.2, 0.25) is 5.15 Å². The molecule has 0 aliphatic heterocycles. The van der Waals surface area contributed by atoms with Crippen LogP contribution in [0.25, 0.3) is 0 Å². The van der Waals surface area contributed by atoms with E-state index in [-0.39, 0.29) is 5.34 Å². The van der Waals surface area contributed by atoms with Gasteiger partial charge in [0.15, 0.2) is 0 Å². The van der Waals surface area contributed by atoms with Crippen LogP contribution in [-0.4, -0.2) is 10.3 Å². The number of nitrogens with zero attached hydrogens (tertiary/aromatic N) is 1. The standard InChI is InChI=1S/C7H8ClN.CH2Cl2/c1-2-6-3-4-9-7(8)5-6;2-1-3/h3-5H,2H2,1H3;1H2. The normalized spacial score (nSPS) is 8.67. The van der Waals surface area contributed by atoms with Gasteiger partial charge in [-0.2, -0.15) is 0 Å². The largest absolute Gasteiger partial charge is 0.245 e. The molecule has 0 atom stereocenters. The van der Waals surface area contributed by atoms with Gasteiger partial charge in [0.2, 0.25) is 0 Å². The maximum atomic E-state index is 5.61. The summed E-state index contributed by atoms with van der Waals surface area (Å²) in [5.41, 5.74) is 1.23. The van der Waals surface area contributed by atoms with E-state index in [1.54, 1.807) is 6.20 Å². The van der Waals surface area contributed by atoms with E-state index in [2.05, 4.69) is 11.9 Å². The maximum Gasteiger partial charge on any atom is 0.129 e. The number of hydrogen-bond acceptors (Lipinski definition) is 1. The van der Waals surface area contributed by atoms with E-state index < -0.39 is 0 Å². The van der Waals surface area contributed by atoms with Gasteiger partial charge in [-0.25, -0.2) is 4.98 Å². The zero-order chi connectivity index (χ0) is 9.40. The zero-order valence-electron chi connectivity index (χ0n) is 6.73. The summed E-state index contributed by atoms with van der Waals surface area (Å²) in [6, 6.07) is 3.84. The molecule has 0 spiro atoms. The second-order valence-electron chi connectivity index (χ2n) is 1.94. The molecule has 0 bridgehead atoms. The predicted octanol–water partition coefficient (Wildman–Crippen LogP) is 3.72. The molecule has 1 nitrogen and oxygen atoms in total. The van der Waals surface area contributed by atoms with Gasteiger partial charge in [-0.1, -0.05) is 18.5 Å². The molecule has 0 aromatic carbocycles. The Morgan fingerprint density at radius 2 is 2.00 bits per heavy atom. The molecule has 1 aromatic heterocycles. The van der Waals surface area contributed by atoms with Crippen molar-refractivity contribution in [2.45, 2.75) is 13.3 Å². The fourth-order valence-corrected chi connectivity index (χ4v) is 0.859. The van der Waals surface area contributed by atoms with Crippen molar-refractivity contribution in [1.82, 2.24) is 4.98 Å². The van der Waals surface area contributed by atoms with Gasteiger partial charge in [-0.3, -0.25) is 0 Å². The van der Waals surface area contributed by atoms with Crippen LogP contribution in [-0.2, 0) is 6.42 Å². The summed E-state index contributed by atoms with van der Waals surface area (Å²) in [5, 5.41) is 0.773. The molecule has 0 N–H and O–H groups in total. The summed E-state index contributed by atoms with van der Waals surface area (Å²) in [5.74, 6) is 0. The summed E-state index contributed by atoms with van der Waals surface area (Å²) in [7, 11) is 0. The van der Waals surface area contributed by atoms with E-state index in [4.69, 9.17) is 34.8 Å². The third-order valence-electron chi connectivity index (χ3n) is 1.20. The molecule has 68 valence electrons. The molecule has 0 radical (unpaired) electrons. The van der Waals surface area contributed by atoms with Crippen molar-refractivity contribution in [1.29, 1.82) is 0 Å². The molecule has 12 heavy (non-hydrogen) atoms. The van der Waals surface area contributed by atoms with Crippen molar-refractivity contribution in [3.8, 4) is 0 Å². The van der Waals surface area contributed by atoms with E-state index in [0.717, 1.165) is 6.42 Å². The van der Waals surface area contributed by atoms with Crippen LogP contribution in [0.3, 0.4) is 0 Å². The highest BCUT2D eigenvalue weighted by Gasteiger charge is 1.88. The number of alkyl halides is 2. The number of aryl methyl sites for hydroxylation is 1. The van der Waals surface area contributed by atoms with Gasteiger partial charge in [-0.05, 0) is 24.1 Å². The Bertz CT molecular complexity index is 215. The molecule has 4 heteroatoms. The van der Waals surface area contributed by atoms with Gasteiger partial charge in [0.05, 0.1) is 5.34 Å². The molecule has 1 rings (SSSR count). The lowest BCUT2D eigenvalue weighted by Crippen LogP contribution is -1.80. The van der Waals surface area contributed by atoms with Crippen molar-refractivity contribution in [2.75, 3.05) is 5.34 Å². The van der Waals surface area contributed by atoms with Gasteiger partial charge in [0, 0.05) is 6.20 Å². The predicted molar refractivity (Wildman–Crippen MR) is 55.2 cm³/mol. The average molecular weight is 227 g/mol. The van der Waals surface area contributed by atoms with Crippen molar-refractivity contribution < 1.29 is 0 Å². The second kappa shape index (κ2) is 7.66. The van der Waals surface area contributed by atoms with Gasteiger partial charge in [0.25, 0.3) is 0 Å². The molecule has 0 saturated carbocycles. The summed E-state index contributed by atoms with van der Waals surface area (Å²) < 4.78 is 0. The minimum Gasteiger partial charge on any atom is -0.245 e. The van der Waals surface area contributed by atoms with Crippen LogP contribution in [0, 0.1) is 0 Å². The van der Waals surface area contributed by atoms with Crippen molar-refractivity contribution in [2.24, 2.45) is 0 Å². The van der Waals surface area contributed by atoms with Crippen LogP contribution in [0.4, 0.5) is 0 Å². The Morgan fingerprint density at radius 3 is 2.33 bits per heavy atom. The molecule has 0 saturated heterocycles. The first kappa shape index (κ1) is 12.0. The molecule has 1 aromatic rings. The van der Waals surface area contributed by atoms with E-state index in [0.29, 0.717) is 5.15 Å². The van der Waals surface area contributed by atoms with Crippen LogP contribution >= 0.6 is 34.8 Å². The van der Waals surface area contributed by atoms with E-state index in [1.165, 1.54) is 5.56 Å². The minimum absolute atomic E-state index is 0.194. The van der Waals surface area contributed by atoms with Gasteiger partial charge in [-0.15, -0.1) is 23.2 Å². The quantitative estimate of drug-likeness (QED) is 0.525. The first-order valence-corrected chi connectivity index (χ1v) is 4.91. The topological polar surface area (TPSA) is 12.9 Å². The van der Waals surface area contributed by atoms with E-state index in [9.17, 15) is 0 Å². The highest BCUT2D eigenvalue weighted by atomic mass is 35.5. The zero-order valence-corrected chi connectivity index (χ0v) is 9.00. The fourth-order valence-electron chi connectivity index (χ4n) is 0.662. The molecule has 0 aliphatic carbocycles. The Kier molecular flexibility index (Phi) is 7.67. The lowest BCUT2D eigenvalue weighted by molar-refractivity contribution is 1.12. The average Bonchev–Trinajstić information content (AvgIpc) is 2.06. The molecule has 0 fully saturated rings. The Hall–Kier alpha value is 0.0200. The minimum atomic E-state index is 0.194. The lowest BCUT2D eigenvalue weighted by atomic mass is 10.2. The number of pyridine rings is 1. The second-order valence-corrected chi connectivity index (χ2v) is 3.14. The third kappa shape index (κ3) is 5.64. The number of rotatable bonds is 1. The SMILES string of the molecule is CCc1ccnc(Cl)c1.ClCCl. The monoisotopic (exact) mass is 225 g/mol. The van der Waals surface area contributed by atoms with Gasteiger partial charge < -0.3 is 0 Å². The first-order chi connectivity index (χ1) is 5.74. The molecule has 0 aliphatic rings. The number of hydrogen-bond donors (Lipinski definition) is 0. The summed E-state index contributed by atoms with van der Waals surface area (Å²) in [6.07, 6.45) is 2.74. The van der Waals surface area contributed by atoms with Crippen LogP contribution in [0.15, 0.2) is 18.3 Å². The maximum absolute atomic E-state index is 5.61. The molecular formula is C8H10Cl3N. The molecule has 0 unspecified atom stereocenters. The van der Waals surface area contributed by atoms with E-state index in [1.807, 2.05) is 12.1 Å². The Balaban J connectivity index is 0.000000354. The highest BCUT2D eigenvalue weighted by Crippen LogP contribution is 2.06. The van der Waals surface area contributed by atoms with Gasteiger partial charge >= 0.3 is 0 Å². The lowest BCUT2D eigenvalue weighted by Gasteiger charge is -1.92. The summed E-state index contributed by atoms with van der Waals surface area (Å²) in [6.45, 7) is 2.09. The highest BCUT2D eigenvalue weighted by molar-refractivity contribution is 6.40. The van der Waals surface area contributed by atoms with Crippen LogP contribution in [0.1, 0.15) is 12.5 Å². The molecular weight excluding hydrogens is 216 g/mol. The van der Waals surface area contributed by atoms with E-state index >= 15 is 0 Å². The smallest absolute Gasteiger partial charge is 0.129 e. The third-order valence-corrected chi connectivity index (χ3v) is 1.41. The van der Waals surface area contributed by atoms with Gasteiger partial charge in [0.1, 0.15) is 5.15 Å². The van der Waals surface area contributed by atoms with Crippen LogP contribution < -0.4 is 0 Å². The summed E-state index contributed by atoms with van der Waals surface area (Å²) in [4.78, 5) is 3.85. The summed E-state index contributed by atoms with van der Waals surface area (Å²) >= 11 is 15.1.